The third-order valence-corrected chi connectivity index (χ3v) is 2.47. The minimum Gasteiger partial charge on any atom is -0.398 e. The SMILES string of the molecule is C/C=C(C)\C=C(/N)c1cc(Cl)cc(Cl)c1.CCl. The molecule has 0 aliphatic carbocycles. The maximum Gasteiger partial charge on any atom is 0.0427 e. The lowest BCUT2D eigenvalue weighted by Gasteiger charge is -2.03. The first-order valence-electron chi connectivity index (χ1n) is 4.97. The molecule has 0 bridgehead atoms. The van der Waals surface area contributed by atoms with E-state index in [0.717, 1.165) is 11.1 Å². The molecule has 0 aliphatic heterocycles. The van der Waals surface area contributed by atoms with Gasteiger partial charge in [0.15, 0.2) is 0 Å². The lowest BCUT2D eigenvalue weighted by molar-refractivity contribution is 1.43. The third-order valence-electron chi connectivity index (χ3n) is 2.03. The number of hydrogen-bond donors (Lipinski definition) is 1. The van der Waals surface area contributed by atoms with Gasteiger partial charge in [-0.05, 0) is 38.1 Å². The van der Waals surface area contributed by atoms with Gasteiger partial charge in [-0.3, -0.25) is 0 Å². The molecule has 0 amide bonds. The Hall–Kier alpha value is -0.630. The van der Waals surface area contributed by atoms with Crippen LogP contribution in [0.3, 0.4) is 0 Å². The molecule has 0 fully saturated rings. The predicted octanol–water partition coefficient (Wildman–Crippen LogP) is 5.11. The smallest absolute Gasteiger partial charge is 0.0427 e. The van der Waals surface area contributed by atoms with E-state index in [2.05, 4.69) is 11.6 Å². The van der Waals surface area contributed by atoms with E-state index in [9.17, 15) is 0 Å². The molecule has 0 heterocycles. The molecule has 0 radical (unpaired) electrons. The molecular weight excluding hydrogens is 277 g/mol. The molecule has 0 saturated heterocycles. The van der Waals surface area contributed by atoms with E-state index in [4.69, 9.17) is 28.9 Å². The summed E-state index contributed by atoms with van der Waals surface area (Å²) in [5, 5.41) is 1.18. The van der Waals surface area contributed by atoms with Crippen molar-refractivity contribution in [3.63, 3.8) is 0 Å². The van der Waals surface area contributed by atoms with E-state index in [1.54, 1.807) is 18.2 Å². The van der Waals surface area contributed by atoms with Gasteiger partial charge in [0, 0.05) is 27.7 Å². The highest BCUT2D eigenvalue weighted by molar-refractivity contribution is 6.34. The van der Waals surface area contributed by atoms with Crippen LogP contribution in [-0.4, -0.2) is 6.38 Å². The van der Waals surface area contributed by atoms with E-state index in [1.807, 2.05) is 26.0 Å². The Balaban J connectivity index is 0.00000121. The Kier molecular flexibility index (Phi) is 8.15. The van der Waals surface area contributed by atoms with Gasteiger partial charge in [0.1, 0.15) is 0 Å². The van der Waals surface area contributed by atoms with E-state index < -0.39 is 0 Å². The molecule has 0 spiro atoms. The minimum atomic E-state index is 0.590. The van der Waals surface area contributed by atoms with Crippen LogP contribution in [-0.2, 0) is 0 Å². The van der Waals surface area contributed by atoms with Gasteiger partial charge in [0.05, 0.1) is 0 Å². The summed E-state index contributed by atoms with van der Waals surface area (Å²) in [6.45, 7) is 3.95. The molecule has 0 atom stereocenters. The van der Waals surface area contributed by atoms with Gasteiger partial charge in [-0.2, -0.15) is 0 Å². The number of halogens is 3. The van der Waals surface area contributed by atoms with Crippen molar-refractivity contribution >= 4 is 40.5 Å². The van der Waals surface area contributed by atoms with Crippen LogP contribution >= 0.6 is 34.8 Å². The van der Waals surface area contributed by atoms with Crippen molar-refractivity contribution in [2.75, 3.05) is 6.38 Å². The van der Waals surface area contributed by atoms with E-state index in [1.165, 1.54) is 6.38 Å². The van der Waals surface area contributed by atoms with Crippen molar-refractivity contribution < 1.29 is 0 Å². The molecule has 1 nitrogen and oxygen atoms in total. The van der Waals surface area contributed by atoms with Crippen LogP contribution in [0.1, 0.15) is 19.4 Å². The van der Waals surface area contributed by atoms with Gasteiger partial charge < -0.3 is 5.73 Å². The lowest BCUT2D eigenvalue weighted by Crippen LogP contribution is -1.96. The average Bonchev–Trinajstić information content (AvgIpc) is 2.30. The summed E-state index contributed by atoms with van der Waals surface area (Å²) < 4.78 is 0. The van der Waals surface area contributed by atoms with Crippen LogP contribution in [0.25, 0.3) is 5.70 Å². The first-order valence-corrected chi connectivity index (χ1v) is 6.48. The zero-order chi connectivity index (χ0) is 13.4. The highest BCUT2D eigenvalue weighted by atomic mass is 35.5. The number of rotatable bonds is 2. The Labute approximate surface area is 118 Å². The van der Waals surface area contributed by atoms with E-state index >= 15 is 0 Å². The first kappa shape index (κ1) is 16.4. The van der Waals surface area contributed by atoms with Crippen LogP contribution in [0.4, 0.5) is 0 Å². The number of benzene rings is 1. The fraction of sp³-hybridized carbons (Fsp3) is 0.231. The Morgan fingerprint density at radius 3 is 2.00 bits per heavy atom. The van der Waals surface area contributed by atoms with Crippen LogP contribution in [0.15, 0.2) is 35.9 Å². The first-order chi connectivity index (χ1) is 8.02. The Bertz CT molecular complexity index is 402. The molecule has 4 heteroatoms. The minimum absolute atomic E-state index is 0.590. The van der Waals surface area contributed by atoms with Crippen molar-refractivity contribution in [1.29, 1.82) is 0 Å². The second kappa shape index (κ2) is 8.46. The van der Waals surface area contributed by atoms with Gasteiger partial charge in [-0.25, -0.2) is 0 Å². The van der Waals surface area contributed by atoms with Crippen molar-refractivity contribution in [2.24, 2.45) is 5.73 Å². The Morgan fingerprint density at radius 1 is 1.12 bits per heavy atom. The molecule has 1 rings (SSSR count). The van der Waals surface area contributed by atoms with E-state index in [0.29, 0.717) is 15.7 Å². The lowest BCUT2D eigenvalue weighted by atomic mass is 10.1. The van der Waals surface area contributed by atoms with Crippen molar-refractivity contribution in [3.05, 3.63) is 51.5 Å². The monoisotopic (exact) mass is 291 g/mol. The molecule has 0 saturated carbocycles. The van der Waals surface area contributed by atoms with Crippen molar-refractivity contribution in [3.8, 4) is 0 Å². The maximum atomic E-state index is 5.91. The third kappa shape index (κ3) is 6.02. The van der Waals surface area contributed by atoms with Crippen LogP contribution < -0.4 is 5.73 Å². The standard InChI is InChI=1S/C12H13Cl2N.CH3Cl/c1-3-8(2)4-12(15)9-5-10(13)7-11(14)6-9;1-2/h3-7H,15H2,1-2H3;1H3/b8-3-,12-4-;. The topological polar surface area (TPSA) is 26.0 Å². The molecule has 17 heavy (non-hydrogen) atoms. The Morgan fingerprint density at radius 2 is 1.59 bits per heavy atom. The van der Waals surface area contributed by atoms with Crippen LogP contribution in [0.5, 0.6) is 0 Å². The molecule has 94 valence electrons. The summed E-state index contributed by atoms with van der Waals surface area (Å²) in [4.78, 5) is 0. The maximum absolute atomic E-state index is 5.91. The molecule has 1 aromatic rings. The summed E-state index contributed by atoms with van der Waals surface area (Å²) in [6, 6.07) is 5.27. The number of hydrogen-bond acceptors (Lipinski definition) is 1. The molecular formula is C13H16Cl3N. The summed E-state index contributed by atoms with van der Waals surface area (Å²) in [7, 11) is 0. The van der Waals surface area contributed by atoms with E-state index in [-0.39, 0.29) is 0 Å². The zero-order valence-corrected chi connectivity index (χ0v) is 12.4. The fourth-order valence-corrected chi connectivity index (χ4v) is 1.66. The fourth-order valence-electron chi connectivity index (χ4n) is 1.13. The van der Waals surface area contributed by atoms with Gasteiger partial charge >= 0.3 is 0 Å². The molecule has 0 aliphatic rings. The van der Waals surface area contributed by atoms with Crippen LogP contribution in [0.2, 0.25) is 10.0 Å². The average molecular weight is 293 g/mol. The highest BCUT2D eigenvalue weighted by Gasteiger charge is 2.00. The second-order valence-electron chi connectivity index (χ2n) is 3.29. The van der Waals surface area contributed by atoms with Crippen molar-refractivity contribution in [1.82, 2.24) is 0 Å². The number of allylic oxidation sites excluding steroid dienone is 3. The van der Waals surface area contributed by atoms with Crippen molar-refractivity contribution in [2.45, 2.75) is 13.8 Å². The van der Waals surface area contributed by atoms with Gasteiger partial charge in [0.2, 0.25) is 0 Å². The summed E-state index contributed by atoms with van der Waals surface area (Å²) in [6.07, 6.45) is 5.35. The summed E-state index contributed by atoms with van der Waals surface area (Å²) in [5.74, 6) is 0. The summed E-state index contributed by atoms with van der Waals surface area (Å²) >= 11 is 16.4. The van der Waals surface area contributed by atoms with Gasteiger partial charge in [0.25, 0.3) is 0 Å². The molecule has 1 aromatic carbocycles. The summed E-state index contributed by atoms with van der Waals surface area (Å²) in [5.41, 5.74) is 8.52. The van der Waals surface area contributed by atoms with Gasteiger partial charge in [-0.15, -0.1) is 11.6 Å². The molecule has 0 unspecified atom stereocenters. The predicted molar refractivity (Wildman–Crippen MR) is 79.8 cm³/mol. The number of alkyl halides is 1. The zero-order valence-electron chi connectivity index (χ0n) is 10.1. The molecule has 0 aromatic heterocycles. The quantitative estimate of drug-likeness (QED) is 0.594. The second-order valence-corrected chi connectivity index (χ2v) is 4.16. The number of nitrogens with two attached hydrogens (primary N) is 1. The highest BCUT2D eigenvalue weighted by Crippen LogP contribution is 2.22. The van der Waals surface area contributed by atoms with Crippen LogP contribution in [0, 0.1) is 0 Å². The largest absolute Gasteiger partial charge is 0.398 e. The normalized spacial score (nSPS) is 11.9. The van der Waals surface area contributed by atoms with Gasteiger partial charge in [-0.1, -0.05) is 34.9 Å². The molecule has 2 N–H and O–H groups in total.